The third-order valence-corrected chi connectivity index (χ3v) is 4.05. The number of rotatable bonds is 3. The van der Waals surface area contributed by atoms with Gasteiger partial charge in [0.15, 0.2) is 11.2 Å². The van der Waals surface area contributed by atoms with Crippen LogP contribution in [0.5, 0.6) is 0 Å². The molecule has 0 aliphatic rings. The zero-order chi connectivity index (χ0) is 20.1. The van der Waals surface area contributed by atoms with Crippen molar-refractivity contribution in [3.05, 3.63) is 40.8 Å². The SMILES string of the molecule is COC(=O)Cc1nn(-c2ccc(Cl)cc2)c2c1nnc1nc(C(F)(F)F)nn12. The highest BCUT2D eigenvalue weighted by Gasteiger charge is 2.37. The molecule has 0 bridgehead atoms. The van der Waals surface area contributed by atoms with Crippen LogP contribution in [-0.2, 0) is 22.1 Å². The van der Waals surface area contributed by atoms with Gasteiger partial charge in [0.05, 0.1) is 19.2 Å². The maximum Gasteiger partial charge on any atom is 0.453 e. The molecule has 1 aromatic carbocycles. The van der Waals surface area contributed by atoms with Crippen LogP contribution in [0.3, 0.4) is 0 Å². The minimum Gasteiger partial charge on any atom is -0.469 e. The van der Waals surface area contributed by atoms with E-state index in [1.54, 1.807) is 24.3 Å². The van der Waals surface area contributed by atoms with Crippen molar-refractivity contribution in [2.75, 3.05) is 7.11 Å². The fraction of sp³-hybridized carbons (Fsp3) is 0.200. The summed E-state index contributed by atoms with van der Waals surface area (Å²) in [6, 6.07) is 6.37. The van der Waals surface area contributed by atoms with Gasteiger partial charge in [-0.15, -0.1) is 15.3 Å². The summed E-state index contributed by atoms with van der Waals surface area (Å²) < 4.78 is 45.9. The summed E-state index contributed by atoms with van der Waals surface area (Å²) in [6.07, 6.45) is -5.02. The van der Waals surface area contributed by atoms with E-state index in [9.17, 15) is 18.0 Å². The number of methoxy groups -OCH3 is 1. The molecule has 0 N–H and O–H groups in total. The Kier molecular flexibility index (Phi) is 4.14. The van der Waals surface area contributed by atoms with Crippen LogP contribution in [0.4, 0.5) is 13.2 Å². The number of carbonyl (C=O) groups is 1. The molecule has 9 nitrogen and oxygen atoms in total. The van der Waals surface area contributed by atoms with E-state index in [0.29, 0.717) is 10.7 Å². The molecular formula is C15H9ClF3N7O2. The molecule has 144 valence electrons. The van der Waals surface area contributed by atoms with Gasteiger partial charge < -0.3 is 4.74 Å². The van der Waals surface area contributed by atoms with E-state index in [1.165, 1.54) is 11.8 Å². The highest BCUT2D eigenvalue weighted by Crippen LogP contribution is 2.28. The third-order valence-electron chi connectivity index (χ3n) is 3.80. The summed E-state index contributed by atoms with van der Waals surface area (Å²) >= 11 is 5.89. The number of alkyl halides is 3. The first-order valence-corrected chi connectivity index (χ1v) is 8.06. The van der Waals surface area contributed by atoms with Crippen molar-refractivity contribution in [1.82, 2.24) is 34.6 Å². The zero-order valence-corrected chi connectivity index (χ0v) is 14.7. The first kappa shape index (κ1) is 18.1. The number of carbonyl (C=O) groups excluding carboxylic acids is 1. The molecule has 0 fully saturated rings. The topological polar surface area (TPSA) is 100 Å². The molecule has 0 amide bonds. The molecule has 0 unspecified atom stereocenters. The lowest BCUT2D eigenvalue weighted by atomic mass is 10.3. The summed E-state index contributed by atoms with van der Waals surface area (Å²) in [5, 5.41) is 15.8. The molecular weight excluding hydrogens is 403 g/mol. The second-order valence-corrected chi connectivity index (χ2v) is 6.04. The van der Waals surface area contributed by atoms with Crippen molar-refractivity contribution in [2.45, 2.75) is 12.6 Å². The molecule has 0 aliphatic carbocycles. The van der Waals surface area contributed by atoms with Crippen molar-refractivity contribution in [3.8, 4) is 5.69 Å². The van der Waals surface area contributed by atoms with E-state index in [-0.39, 0.29) is 29.1 Å². The van der Waals surface area contributed by atoms with Crippen molar-refractivity contribution in [2.24, 2.45) is 0 Å². The van der Waals surface area contributed by atoms with Crippen LogP contribution in [0.25, 0.3) is 22.6 Å². The third kappa shape index (κ3) is 3.01. The van der Waals surface area contributed by atoms with Gasteiger partial charge in [0.1, 0.15) is 5.69 Å². The van der Waals surface area contributed by atoms with E-state index in [2.05, 4.69) is 30.1 Å². The Morgan fingerprint density at radius 2 is 1.89 bits per heavy atom. The van der Waals surface area contributed by atoms with Crippen LogP contribution < -0.4 is 0 Å². The normalized spacial score (nSPS) is 12.0. The number of esters is 1. The molecule has 0 radical (unpaired) electrons. The highest BCUT2D eigenvalue weighted by molar-refractivity contribution is 6.30. The van der Waals surface area contributed by atoms with Gasteiger partial charge in [-0.2, -0.15) is 27.8 Å². The first-order chi connectivity index (χ1) is 13.3. The lowest BCUT2D eigenvalue weighted by molar-refractivity contribution is -0.144. The van der Waals surface area contributed by atoms with E-state index in [4.69, 9.17) is 11.6 Å². The fourth-order valence-corrected chi connectivity index (χ4v) is 2.68. The number of ether oxygens (including phenoxy) is 1. The Bertz CT molecular complexity index is 1200. The number of fused-ring (bicyclic) bond motifs is 3. The molecule has 0 saturated heterocycles. The molecule has 0 atom stereocenters. The second kappa shape index (κ2) is 6.41. The Balaban J connectivity index is 2.03. The van der Waals surface area contributed by atoms with Gasteiger partial charge in [-0.25, -0.2) is 4.68 Å². The number of hydrogen-bond donors (Lipinski definition) is 0. The van der Waals surface area contributed by atoms with Crippen LogP contribution in [0.1, 0.15) is 11.5 Å². The van der Waals surface area contributed by atoms with Gasteiger partial charge >= 0.3 is 12.1 Å². The standard InChI is InChI=1S/C15H9ClF3N7O2/c1-28-10(27)6-9-11-12(25(23-9)8-4-2-7(16)3-5-8)26-14(22-21-11)20-13(24-26)15(17,18)19/h2-5H,6H2,1H3. The van der Waals surface area contributed by atoms with Gasteiger partial charge in [0.25, 0.3) is 11.6 Å². The smallest absolute Gasteiger partial charge is 0.453 e. The van der Waals surface area contributed by atoms with Gasteiger partial charge in [0.2, 0.25) is 0 Å². The van der Waals surface area contributed by atoms with Gasteiger partial charge in [-0.3, -0.25) is 4.79 Å². The number of hydrogen-bond acceptors (Lipinski definition) is 7. The molecule has 0 aliphatic heterocycles. The predicted octanol–water partition coefficient (Wildman–Crippen LogP) is 2.25. The van der Waals surface area contributed by atoms with Gasteiger partial charge in [-0.1, -0.05) is 11.6 Å². The average molecular weight is 412 g/mol. The molecule has 4 aromatic rings. The quantitative estimate of drug-likeness (QED) is 0.476. The minimum absolute atomic E-state index is 0.0641. The Morgan fingerprint density at radius 1 is 1.18 bits per heavy atom. The summed E-state index contributed by atoms with van der Waals surface area (Å²) in [7, 11) is 1.21. The van der Waals surface area contributed by atoms with Crippen molar-refractivity contribution < 1.29 is 22.7 Å². The molecule has 3 aromatic heterocycles. The number of benzene rings is 1. The van der Waals surface area contributed by atoms with E-state index >= 15 is 0 Å². The first-order valence-electron chi connectivity index (χ1n) is 7.69. The minimum atomic E-state index is -4.76. The van der Waals surface area contributed by atoms with E-state index in [1.807, 2.05) is 0 Å². The maximum absolute atomic E-state index is 13.0. The molecule has 13 heteroatoms. The average Bonchev–Trinajstić information content (AvgIpc) is 3.24. The van der Waals surface area contributed by atoms with E-state index < -0.39 is 18.0 Å². The van der Waals surface area contributed by atoms with Crippen LogP contribution in [0.15, 0.2) is 24.3 Å². The maximum atomic E-state index is 13.0. The van der Waals surface area contributed by atoms with Crippen LogP contribution in [0, 0.1) is 0 Å². The highest BCUT2D eigenvalue weighted by atomic mass is 35.5. The monoisotopic (exact) mass is 411 g/mol. The number of halogens is 4. The Labute approximate surface area is 158 Å². The summed E-state index contributed by atoms with van der Waals surface area (Å²) in [5.41, 5.74) is 0.778. The van der Waals surface area contributed by atoms with Crippen LogP contribution in [-0.4, -0.2) is 47.7 Å². The largest absolute Gasteiger partial charge is 0.469 e. The summed E-state index contributed by atoms with van der Waals surface area (Å²) in [4.78, 5) is 15.1. The number of aromatic nitrogens is 7. The van der Waals surface area contributed by atoms with Crippen molar-refractivity contribution in [1.29, 1.82) is 0 Å². The zero-order valence-electron chi connectivity index (χ0n) is 14.0. The lowest BCUT2D eigenvalue weighted by Crippen LogP contribution is -2.08. The summed E-state index contributed by atoms with van der Waals surface area (Å²) in [6.45, 7) is 0. The fourth-order valence-electron chi connectivity index (χ4n) is 2.55. The van der Waals surface area contributed by atoms with Crippen LogP contribution >= 0.6 is 11.6 Å². The van der Waals surface area contributed by atoms with E-state index in [0.717, 1.165) is 4.52 Å². The Hall–Kier alpha value is -3.28. The van der Waals surface area contributed by atoms with Gasteiger partial charge in [-0.05, 0) is 24.3 Å². The van der Waals surface area contributed by atoms with Crippen molar-refractivity contribution >= 4 is 34.5 Å². The van der Waals surface area contributed by atoms with Crippen molar-refractivity contribution in [3.63, 3.8) is 0 Å². The molecule has 3 heterocycles. The molecule has 0 spiro atoms. The number of nitrogens with zero attached hydrogens (tertiary/aromatic N) is 7. The Morgan fingerprint density at radius 3 is 2.54 bits per heavy atom. The second-order valence-electron chi connectivity index (χ2n) is 5.61. The van der Waals surface area contributed by atoms with Gasteiger partial charge in [0, 0.05) is 5.02 Å². The predicted molar refractivity (Wildman–Crippen MR) is 88.9 cm³/mol. The summed E-state index contributed by atoms with van der Waals surface area (Å²) in [5.74, 6) is -2.33. The van der Waals surface area contributed by atoms with Crippen LogP contribution in [0.2, 0.25) is 5.02 Å². The molecule has 0 saturated carbocycles. The molecule has 28 heavy (non-hydrogen) atoms. The molecule has 4 rings (SSSR count). The lowest BCUT2D eigenvalue weighted by Gasteiger charge is -2.03.